The summed E-state index contributed by atoms with van der Waals surface area (Å²) in [5, 5.41) is 0. The molecule has 5 heteroatoms. The summed E-state index contributed by atoms with van der Waals surface area (Å²) < 4.78 is 6.76. The monoisotopic (exact) mass is 326 g/mol. The summed E-state index contributed by atoms with van der Waals surface area (Å²) in [6.07, 6.45) is 2.56. The van der Waals surface area contributed by atoms with Crippen molar-refractivity contribution < 1.29 is 9.53 Å². The van der Waals surface area contributed by atoms with Crippen molar-refractivity contribution in [2.75, 3.05) is 20.2 Å². The van der Waals surface area contributed by atoms with Crippen molar-refractivity contribution in [2.45, 2.75) is 19.4 Å². The van der Waals surface area contributed by atoms with E-state index in [1.54, 1.807) is 0 Å². The van der Waals surface area contributed by atoms with Gasteiger partial charge in [0, 0.05) is 11.0 Å². The van der Waals surface area contributed by atoms with Crippen LogP contribution in [0.15, 0.2) is 22.7 Å². The number of hydrogen-bond donors (Lipinski definition) is 1. The molecule has 19 heavy (non-hydrogen) atoms. The lowest BCUT2D eigenvalue weighted by molar-refractivity contribution is -0.118. The third-order valence-electron chi connectivity index (χ3n) is 2.99. The number of primary amides is 1. The molecule has 0 unspecified atom stereocenters. The van der Waals surface area contributed by atoms with E-state index in [-0.39, 0.29) is 12.5 Å². The van der Waals surface area contributed by atoms with Crippen molar-refractivity contribution >= 4 is 21.8 Å². The molecule has 0 aromatic heterocycles. The van der Waals surface area contributed by atoms with Crippen molar-refractivity contribution in [3.8, 4) is 5.75 Å². The van der Waals surface area contributed by atoms with Gasteiger partial charge in [-0.15, -0.1) is 0 Å². The van der Waals surface area contributed by atoms with Crippen molar-refractivity contribution in [1.29, 1.82) is 0 Å². The zero-order chi connectivity index (χ0) is 13.8. The van der Waals surface area contributed by atoms with Crippen LogP contribution in [0.5, 0.6) is 5.75 Å². The Kier molecular flexibility index (Phi) is 4.82. The second-order valence-corrected chi connectivity index (χ2v) is 6.10. The Morgan fingerprint density at radius 3 is 2.84 bits per heavy atom. The third-order valence-corrected chi connectivity index (χ3v) is 3.45. The first kappa shape index (κ1) is 14.3. The number of halogens is 1. The molecule has 2 N–H and O–H groups in total. The smallest absolute Gasteiger partial charge is 0.231 e. The maximum Gasteiger partial charge on any atom is 0.231 e. The van der Waals surface area contributed by atoms with Crippen LogP contribution in [-0.2, 0) is 11.3 Å². The van der Waals surface area contributed by atoms with Gasteiger partial charge < -0.3 is 10.5 Å². The van der Waals surface area contributed by atoms with Gasteiger partial charge in [0.05, 0.1) is 13.2 Å². The highest BCUT2D eigenvalue weighted by Crippen LogP contribution is 2.30. The molecule has 0 radical (unpaired) electrons. The summed E-state index contributed by atoms with van der Waals surface area (Å²) in [4.78, 5) is 12.7. The van der Waals surface area contributed by atoms with E-state index >= 15 is 0 Å². The zero-order valence-corrected chi connectivity index (χ0v) is 12.6. The zero-order valence-electron chi connectivity index (χ0n) is 11.1. The quantitative estimate of drug-likeness (QED) is 0.835. The van der Waals surface area contributed by atoms with Gasteiger partial charge in [-0.1, -0.05) is 15.9 Å². The number of amides is 1. The maximum atomic E-state index is 10.9. The molecule has 1 fully saturated rings. The first-order valence-electron chi connectivity index (χ1n) is 6.42. The summed E-state index contributed by atoms with van der Waals surface area (Å²) in [6, 6.07) is 6.02. The Morgan fingerprint density at radius 2 is 2.21 bits per heavy atom. The van der Waals surface area contributed by atoms with Gasteiger partial charge in [-0.3, -0.25) is 9.69 Å². The van der Waals surface area contributed by atoms with E-state index in [1.807, 2.05) is 30.1 Å². The molecule has 1 aromatic rings. The Morgan fingerprint density at radius 1 is 1.47 bits per heavy atom. The molecular formula is C14H19BrN2O2. The molecule has 0 spiro atoms. The number of carbonyl (C=O) groups is 1. The fraction of sp³-hybridized carbons (Fsp3) is 0.500. The van der Waals surface area contributed by atoms with E-state index in [0.29, 0.717) is 6.54 Å². The van der Waals surface area contributed by atoms with E-state index in [9.17, 15) is 4.79 Å². The summed E-state index contributed by atoms with van der Waals surface area (Å²) in [6.45, 7) is 1.72. The highest BCUT2D eigenvalue weighted by atomic mass is 79.9. The van der Waals surface area contributed by atoms with Crippen LogP contribution in [0.1, 0.15) is 18.4 Å². The molecule has 4 nitrogen and oxygen atoms in total. The second kappa shape index (κ2) is 6.39. The van der Waals surface area contributed by atoms with E-state index in [0.717, 1.165) is 28.3 Å². The minimum atomic E-state index is -0.317. The van der Waals surface area contributed by atoms with Crippen molar-refractivity contribution in [3.63, 3.8) is 0 Å². The van der Waals surface area contributed by atoms with Crippen LogP contribution in [0.4, 0.5) is 0 Å². The number of nitrogens with zero attached hydrogens (tertiary/aromatic N) is 1. The molecular weight excluding hydrogens is 308 g/mol. The average molecular weight is 327 g/mol. The molecule has 1 saturated carbocycles. The average Bonchev–Trinajstić information content (AvgIpc) is 3.07. The highest BCUT2D eigenvalue weighted by Gasteiger charge is 2.22. The first-order valence-corrected chi connectivity index (χ1v) is 7.21. The Labute approximate surface area is 122 Å². The van der Waals surface area contributed by atoms with Crippen LogP contribution in [-0.4, -0.2) is 31.0 Å². The normalized spacial score (nSPS) is 14.7. The van der Waals surface area contributed by atoms with E-state index in [2.05, 4.69) is 15.9 Å². The molecule has 0 heterocycles. The molecule has 1 amide bonds. The Bertz CT molecular complexity index is 461. The topological polar surface area (TPSA) is 55.6 Å². The SMILES string of the molecule is CN(CC(N)=O)Cc1cc(Br)cc(OCC2CC2)c1. The van der Waals surface area contributed by atoms with Crippen molar-refractivity contribution in [2.24, 2.45) is 11.7 Å². The summed E-state index contributed by atoms with van der Waals surface area (Å²) in [5.41, 5.74) is 6.28. The third kappa shape index (κ3) is 5.20. The van der Waals surface area contributed by atoms with Crippen molar-refractivity contribution in [1.82, 2.24) is 4.90 Å². The van der Waals surface area contributed by atoms with E-state index in [1.165, 1.54) is 12.8 Å². The molecule has 0 aliphatic heterocycles. The van der Waals surface area contributed by atoms with Gasteiger partial charge in [0.25, 0.3) is 0 Å². The van der Waals surface area contributed by atoms with Crippen LogP contribution in [0, 0.1) is 5.92 Å². The Hall–Kier alpha value is -1.07. The lowest BCUT2D eigenvalue weighted by Crippen LogP contribution is -2.30. The number of ether oxygens (including phenoxy) is 1. The molecule has 0 bridgehead atoms. The number of rotatable bonds is 7. The number of benzene rings is 1. The van der Waals surface area contributed by atoms with E-state index in [4.69, 9.17) is 10.5 Å². The molecule has 1 aromatic carbocycles. The van der Waals surface area contributed by atoms with Gasteiger partial charge in [-0.2, -0.15) is 0 Å². The second-order valence-electron chi connectivity index (χ2n) is 5.19. The Balaban J connectivity index is 1.96. The minimum Gasteiger partial charge on any atom is -0.493 e. The largest absolute Gasteiger partial charge is 0.493 e. The molecule has 1 aliphatic rings. The lowest BCUT2D eigenvalue weighted by atomic mass is 10.2. The van der Waals surface area contributed by atoms with Gasteiger partial charge in [0.15, 0.2) is 0 Å². The number of carbonyl (C=O) groups excluding carboxylic acids is 1. The molecule has 0 atom stereocenters. The molecule has 1 aliphatic carbocycles. The van der Waals surface area contributed by atoms with Gasteiger partial charge in [0.1, 0.15) is 5.75 Å². The predicted octanol–water partition coefficient (Wildman–Crippen LogP) is 2.16. The molecule has 0 saturated heterocycles. The number of hydrogen-bond acceptors (Lipinski definition) is 3. The van der Waals surface area contributed by atoms with E-state index < -0.39 is 0 Å². The van der Waals surface area contributed by atoms with Crippen LogP contribution in [0.3, 0.4) is 0 Å². The van der Waals surface area contributed by atoms with Crippen LogP contribution < -0.4 is 10.5 Å². The number of likely N-dealkylation sites (N-methyl/N-ethyl adjacent to an activating group) is 1. The fourth-order valence-corrected chi connectivity index (χ4v) is 2.45. The predicted molar refractivity (Wildman–Crippen MR) is 77.9 cm³/mol. The van der Waals surface area contributed by atoms with Crippen LogP contribution in [0.25, 0.3) is 0 Å². The summed E-state index contributed by atoms with van der Waals surface area (Å²) in [7, 11) is 1.87. The van der Waals surface area contributed by atoms with Gasteiger partial charge in [-0.05, 0) is 49.6 Å². The summed E-state index contributed by atoms with van der Waals surface area (Å²) in [5.74, 6) is 1.30. The first-order chi connectivity index (χ1) is 9.02. The fourth-order valence-electron chi connectivity index (χ4n) is 1.93. The van der Waals surface area contributed by atoms with Gasteiger partial charge >= 0.3 is 0 Å². The van der Waals surface area contributed by atoms with Crippen molar-refractivity contribution in [3.05, 3.63) is 28.2 Å². The van der Waals surface area contributed by atoms with Gasteiger partial charge in [0.2, 0.25) is 5.91 Å². The maximum absolute atomic E-state index is 10.9. The van der Waals surface area contributed by atoms with Crippen LogP contribution in [0.2, 0.25) is 0 Å². The molecule has 104 valence electrons. The minimum absolute atomic E-state index is 0.255. The summed E-state index contributed by atoms with van der Waals surface area (Å²) >= 11 is 3.49. The number of nitrogens with two attached hydrogens (primary N) is 1. The van der Waals surface area contributed by atoms with Crippen LogP contribution >= 0.6 is 15.9 Å². The molecule has 2 rings (SSSR count). The van der Waals surface area contributed by atoms with Gasteiger partial charge in [-0.25, -0.2) is 0 Å². The lowest BCUT2D eigenvalue weighted by Gasteiger charge is -2.15. The standard InChI is InChI=1S/C14H19BrN2O2/c1-17(8-14(16)18)7-11-4-12(15)6-13(5-11)19-9-10-2-3-10/h4-6,10H,2-3,7-9H2,1H3,(H2,16,18). The highest BCUT2D eigenvalue weighted by molar-refractivity contribution is 9.10.